The van der Waals surface area contributed by atoms with Crippen LogP contribution >= 0.6 is 0 Å². The molecule has 0 unspecified atom stereocenters. The monoisotopic (exact) mass is 449 g/mol. The van der Waals surface area contributed by atoms with Gasteiger partial charge in [0.1, 0.15) is 11.3 Å². The number of fused-ring (bicyclic) bond motifs is 1. The Labute approximate surface area is 197 Å². The van der Waals surface area contributed by atoms with Crippen molar-refractivity contribution >= 4 is 22.6 Å². The summed E-state index contributed by atoms with van der Waals surface area (Å²) in [5.74, 6) is 1.31. The number of ether oxygens (including phenoxy) is 1. The summed E-state index contributed by atoms with van der Waals surface area (Å²) in [6.07, 6.45) is 5.32. The number of nitrogens with one attached hydrogen (secondary N) is 1. The number of hydrogen-bond donors (Lipinski definition) is 1. The lowest BCUT2D eigenvalue weighted by atomic mass is 10.1. The largest absolute Gasteiger partial charge is 0.437 e. The maximum absolute atomic E-state index is 12.9. The van der Waals surface area contributed by atoms with Crippen molar-refractivity contribution in [1.29, 1.82) is 0 Å². The van der Waals surface area contributed by atoms with Crippen LogP contribution in [-0.4, -0.2) is 25.4 Å². The van der Waals surface area contributed by atoms with Gasteiger partial charge in [-0.25, -0.2) is 4.98 Å². The van der Waals surface area contributed by atoms with Crippen LogP contribution in [-0.2, 0) is 7.05 Å². The predicted molar refractivity (Wildman–Crippen MR) is 132 cm³/mol. The molecular formula is C27H23N5O2. The molecule has 0 bridgehead atoms. The van der Waals surface area contributed by atoms with Crippen molar-refractivity contribution in [3.63, 3.8) is 0 Å². The standard InChI is InChI=1S/C27H23N5O2/c1-17-5-4-6-21(15-17)29-26(33)20-8-7-18(2)23(16-20)34-27-24-22(11-14-32(24)3)30-25(31-27)19-9-12-28-13-10-19/h4-16H,1-3H3,(H,29,33). The van der Waals surface area contributed by atoms with Gasteiger partial charge >= 0.3 is 0 Å². The minimum Gasteiger partial charge on any atom is -0.437 e. The number of amides is 1. The number of carbonyl (C=O) groups is 1. The fourth-order valence-electron chi connectivity index (χ4n) is 3.74. The summed E-state index contributed by atoms with van der Waals surface area (Å²) in [6, 6.07) is 18.7. The van der Waals surface area contributed by atoms with Crippen LogP contribution in [0.4, 0.5) is 5.69 Å². The molecule has 0 aliphatic carbocycles. The molecule has 168 valence electrons. The number of pyridine rings is 1. The predicted octanol–water partition coefficient (Wildman–Crippen LogP) is 5.69. The van der Waals surface area contributed by atoms with Gasteiger partial charge in [0.05, 0.1) is 5.52 Å². The Morgan fingerprint density at radius 2 is 1.79 bits per heavy atom. The third kappa shape index (κ3) is 4.23. The van der Waals surface area contributed by atoms with E-state index in [-0.39, 0.29) is 5.91 Å². The maximum atomic E-state index is 12.9. The van der Waals surface area contributed by atoms with Crippen LogP contribution in [0.25, 0.3) is 22.4 Å². The fraction of sp³-hybridized carbons (Fsp3) is 0.111. The molecule has 0 atom stereocenters. The van der Waals surface area contributed by atoms with Crippen molar-refractivity contribution in [2.24, 2.45) is 7.05 Å². The smallest absolute Gasteiger partial charge is 0.255 e. The van der Waals surface area contributed by atoms with Crippen molar-refractivity contribution in [2.45, 2.75) is 13.8 Å². The number of aryl methyl sites for hydroxylation is 3. The van der Waals surface area contributed by atoms with E-state index in [0.29, 0.717) is 23.0 Å². The van der Waals surface area contributed by atoms with Gasteiger partial charge in [-0.15, -0.1) is 0 Å². The van der Waals surface area contributed by atoms with E-state index in [4.69, 9.17) is 9.72 Å². The van der Waals surface area contributed by atoms with Gasteiger partial charge < -0.3 is 14.6 Å². The number of rotatable bonds is 5. The summed E-state index contributed by atoms with van der Waals surface area (Å²) in [4.78, 5) is 26.4. The zero-order chi connectivity index (χ0) is 23.7. The van der Waals surface area contributed by atoms with Crippen molar-refractivity contribution in [3.8, 4) is 23.0 Å². The lowest BCUT2D eigenvalue weighted by Gasteiger charge is -2.13. The van der Waals surface area contributed by atoms with E-state index in [1.807, 2.05) is 80.2 Å². The van der Waals surface area contributed by atoms with Crippen LogP contribution in [0.3, 0.4) is 0 Å². The first-order valence-electron chi connectivity index (χ1n) is 10.9. The summed E-state index contributed by atoms with van der Waals surface area (Å²) >= 11 is 0. The Balaban J connectivity index is 1.51. The van der Waals surface area contributed by atoms with E-state index in [9.17, 15) is 4.79 Å². The molecule has 3 aromatic heterocycles. The van der Waals surface area contributed by atoms with E-state index in [2.05, 4.69) is 15.3 Å². The van der Waals surface area contributed by atoms with Gasteiger partial charge in [-0.1, -0.05) is 18.2 Å². The van der Waals surface area contributed by atoms with Gasteiger partial charge in [-0.05, 0) is 67.4 Å². The van der Waals surface area contributed by atoms with Crippen LogP contribution < -0.4 is 10.1 Å². The van der Waals surface area contributed by atoms with Crippen LogP contribution in [0.5, 0.6) is 11.6 Å². The Kier molecular flexibility index (Phi) is 5.51. The van der Waals surface area contributed by atoms with Crippen LogP contribution in [0.1, 0.15) is 21.5 Å². The minimum absolute atomic E-state index is 0.209. The molecule has 3 heterocycles. The van der Waals surface area contributed by atoms with Gasteiger partial charge in [0.15, 0.2) is 5.82 Å². The molecule has 0 fully saturated rings. The summed E-state index contributed by atoms with van der Waals surface area (Å²) < 4.78 is 8.24. The average molecular weight is 450 g/mol. The van der Waals surface area contributed by atoms with Crippen molar-refractivity contribution in [3.05, 3.63) is 95.9 Å². The van der Waals surface area contributed by atoms with Crippen LogP contribution in [0.15, 0.2) is 79.3 Å². The van der Waals surface area contributed by atoms with Gasteiger partial charge in [0, 0.05) is 42.5 Å². The van der Waals surface area contributed by atoms with Crippen LogP contribution in [0, 0.1) is 13.8 Å². The normalized spacial score (nSPS) is 10.9. The molecular weight excluding hydrogens is 426 g/mol. The quantitative estimate of drug-likeness (QED) is 0.373. The number of aromatic nitrogens is 4. The lowest BCUT2D eigenvalue weighted by Crippen LogP contribution is -2.12. The molecule has 0 spiro atoms. The van der Waals surface area contributed by atoms with Crippen molar-refractivity contribution in [1.82, 2.24) is 19.5 Å². The highest BCUT2D eigenvalue weighted by molar-refractivity contribution is 6.04. The maximum Gasteiger partial charge on any atom is 0.255 e. The summed E-state index contributed by atoms with van der Waals surface area (Å²) in [5.41, 5.74) is 5.58. The molecule has 0 aliphatic rings. The molecule has 7 heteroatoms. The molecule has 5 rings (SSSR count). The average Bonchev–Trinajstić information content (AvgIpc) is 3.22. The molecule has 0 saturated heterocycles. The Bertz CT molecular complexity index is 1510. The molecule has 7 nitrogen and oxygen atoms in total. The Morgan fingerprint density at radius 1 is 0.971 bits per heavy atom. The first-order chi connectivity index (χ1) is 16.5. The lowest BCUT2D eigenvalue weighted by molar-refractivity contribution is 0.102. The topological polar surface area (TPSA) is 81.9 Å². The van der Waals surface area contributed by atoms with Crippen molar-refractivity contribution in [2.75, 3.05) is 5.32 Å². The van der Waals surface area contributed by atoms with E-state index < -0.39 is 0 Å². The fourth-order valence-corrected chi connectivity index (χ4v) is 3.74. The summed E-state index contributed by atoms with van der Waals surface area (Å²) in [5, 5.41) is 2.94. The summed E-state index contributed by atoms with van der Waals surface area (Å²) in [6.45, 7) is 3.92. The third-order valence-electron chi connectivity index (χ3n) is 5.56. The van der Waals surface area contributed by atoms with Gasteiger partial charge in [-0.2, -0.15) is 4.98 Å². The zero-order valence-electron chi connectivity index (χ0n) is 19.1. The van der Waals surface area contributed by atoms with Crippen molar-refractivity contribution < 1.29 is 9.53 Å². The second-order valence-electron chi connectivity index (χ2n) is 8.15. The highest BCUT2D eigenvalue weighted by Gasteiger charge is 2.17. The van der Waals surface area contributed by atoms with Gasteiger partial charge in [0.25, 0.3) is 5.91 Å². The van der Waals surface area contributed by atoms with Crippen LogP contribution in [0.2, 0.25) is 0 Å². The molecule has 34 heavy (non-hydrogen) atoms. The SMILES string of the molecule is Cc1cccc(NC(=O)c2ccc(C)c(Oc3nc(-c4ccncc4)nc4ccn(C)c34)c2)c1. The van der Waals surface area contributed by atoms with Gasteiger partial charge in [-0.3, -0.25) is 9.78 Å². The number of benzene rings is 2. The first kappa shape index (κ1) is 21.3. The third-order valence-corrected chi connectivity index (χ3v) is 5.56. The van der Waals surface area contributed by atoms with E-state index in [0.717, 1.165) is 33.4 Å². The number of anilines is 1. The number of nitrogens with zero attached hydrogens (tertiary/aromatic N) is 4. The second kappa shape index (κ2) is 8.78. The molecule has 1 N–H and O–H groups in total. The second-order valence-corrected chi connectivity index (χ2v) is 8.15. The van der Waals surface area contributed by atoms with E-state index >= 15 is 0 Å². The molecule has 0 radical (unpaired) electrons. The first-order valence-corrected chi connectivity index (χ1v) is 10.9. The molecule has 0 saturated carbocycles. The number of hydrogen-bond acceptors (Lipinski definition) is 5. The summed E-state index contributed by atoms with van der Waals surface area (Å²) in [7, 11) is 1.92. The molecule has 2 aromatic carbocycles. The Morgan fingerprint density at radius 3 is 2.59 bits per heavy atom. The highest BCUT2D eigenvalue weighted by atomic mass is 16.5. The number of carbonyl (C=O) groups excluding carboxylic acids is 1. The zero-order valence-corrected chi connectivity index (χ0v) is 19.1. The Hall–Kier alpha value is -4.52. The van der Waals surface area contributed by atoms with Gasteiger partial charge in [0.2, 0.25) is 5.88 Å². The highest BCUT2D eigenvalue weighted by Crippen LogP contribution is 2.32. The minimum atomic E-state index is -0.209. The molecule has 1 amide bonds. The molecule has 0 aliphatic heterocycles. The van der Waals surface area contributed by atoms with E-state index in [1.165, 1.54) is 0 Å². The van der Waals surface area contributed by atoms with E-state index in [1.54, 1.807) is 24.5 Å². The molecule has 5 aromatic rings.